The van der Waals surface area contributed by atoms with E-state index < -0.39 is 23.2 Å². The fraction of sp³-hybridized carbons (Fsp3) is 0.238. The van der Waals surface area contributed by atoms with E-state index >= 15 is 0 Å². The fourth-order valence-corrected chi connectivity index (χ4v) is 3.48. The second-order valence-electron chi connectivity index (χ2n) is 7.10. The maximum Gasteiger partial charge on any atom is 0.235 e. The third-order valence-electron chi connectivity index (χ3n) is 4.82. The minimum absolute atomic E-state index is 0.394. The molecule has 1 aliphatic carbocycles. The van der Waals surface area contributed by atoms with Gasteiger partial charge in [-0.15, -0.1) is 0 Å². The average molecular weight is 333 g/mol. The van der Waals surface area contributed by atoms with Crippen molar-refractivity contribution in [3.63, 3.8) is 0 Å². The highest BCUT2D eigenvalue weighted by molar-refractivity contribution is 6.52. The number of fused-ring (bicyclic) bond motifs is 2. The van der Waals surface area contributed by atoms with Gasteiger partial charge in [-0.2, -0.15) is 0 Å². The lowest BCUT2D eigenvalue weighted by Gasteiger charge is -2.29. The monoisotopic (exact) mass is 333 g/mol. The lowest BCUT2D eigenvalue weighted by molar-refractivity contribution is -0.112. The molecule has 0 aromatic heterocycles. The molecule has 0 fully saturated rings. The number of Topliss-reactive ketones (excluding diaryl/α,β-unsaturated/α-hetero) is 2. The first kappa shape index (κ1) is 15.6. The first-order valence-corrected chi connectivity index (χ1v) is 8.33. The standard InChI is InChI=1S/C21H19NO3/c1-12-8-10-13(11-9-12)22-20-16-18(24)17(23)14-6-4-5-7-15(14)19(16)25-21(20,2)3/h4-11,20,22H,1-3H3. The molecule has 0 radical (unpaired) electrons. The summed E-state index contributed by atoms with van der Waals surface area (Å²) in [4.78, 5) is 25.3. The third-order valence-corrected chi connectivity index (χ3v) is 4.82. The number of carbonyl (C=O) groups excluding carboxylic acids is 2. The summed E-state index contributed by atoms with van der Waals surface area (Å²) in [5, 5.41) is 3.38. The van der Waals surface area contributed by atoms with E-state index in [9.17, 15) is 9.59 Å². The first-order chi connectivity index (χ1) is 11.9. The van der Waals surface area contributed by atoms with E-state index in [1.807, 2.05) is 57.2 Å². The molecule has 0 saturated heterocycles. The van der Waals surface area contributed by atoms with Crippen molar-refractivity contribution in [2.24, 2.45) is 0 Å². The molecule has 1 unspecified atom stereocenters. The number of nitrogens with one attached hydrogen (secondary N) is 1. The van der Waals surface area contributed by atoms with Crippen LogP contribution in [0.1, 0.15) is 35.3 Å². The van der Waals surface area contributed by atoms with Crippen molar-refractivity contribution in [2.45, 2.75) is 32.4 Å². The molecule has 0 spiro atoms. The molecule has 4 nitrogen and oxygen atoms in total. The molecule has 2 aromatic carbocycles. The number of ketones is 2. The van der Waals surface area contributed by atoms with Gasteiger partial charge in [0.05, 0.1) is 11.6 Å². The van der Waals surface area contributed by atoms with Crippen LogP contribution in [-0.4, -0.2) is 23.2 Å². The number of anilines is 1. The topological polar surface area (TPSA) is 55.4 Å². The Morgan fingerprint density at radius 1 is 0.920 bits per heavy atom. The van der Waals surface area contributed by atoms with E-state index in [2.05, 4.69) is 5.32 Å². The van der Waals surface area contributed by atoms with Crippen molar-refractivity contribution in [3.05, 3.63) is 70.8 Å². The minimum Gasteiger partial charge on any atom is -0.484 e. The molecule has 2 aliphatic rings. The van der Waals surface area contributed by atoms with E-state index in [0.29, 0.717) is 22.5 Å². The molecule has 1 atom stereocenters. The third kappa shape index (κ3) is 2.37. The van der Waals surface area contributed by atoms with Crippen LogP contribution >= 0.6 is 0 Å². The maximum atomic E-state index is 12.8. The van der Waals surface area contributed by atoms with Crippen molar-refractivity contribution in [1.82, 2.24) is 0 Å². The van der Waals surface area contributed by atoms with Gasteiger partial charge in [0.2, 0.25) is 11.6 Å². The summed E-state index contributed by atoms with van der Waals surface area (Å²) in [6.45, 7) is 5.88. The molecule has 0 saturated carbocycles. The Labute approximate surface area is 146 Å². The number of rotatable bonds is 2. The van der Waals surface area contributed by atoms with Crippen LogP contribution in [0.5, 0.6) is 0 Å². The van der Waals surface area contributed by atoms with Crippen molar-refractivity contribution >= 4 is 23.0 Å². The van der Waals surface area contributed by atoms with Crippen LogP contribution in [-0.2, 0) is 9.53 Å². The van der Waals surface area contributed by atoms with Crippen molar-refractivity contribution < 1.29 is 14.3 Å². The summed E-state index contributed by atoms with van der Waals surface area (Å²) in [5.74, 6) is -0.426. The zero-order valence-electron chi connectivity index (χ0n) is 14.4. The summed E-state index contributed by atoms with van der Waals surface area (Å²) in [6, 6.07) is 14.7. The molecule has 0 bridgehead atoms. The van der Waals surface area contributed by atoms with Gasteiger partial charge in [0.25, 0.3) is 0 Å². The molecule has 1 heterocycles. The Kier molecular flexibility index (Phi) is 3.32. The largest absolute Gasteiger partial charge is 0.484 e. The summed E-state index contributed by atoms with van der Waals surface area (Å²) >= 11 is 0. The quantitative estimate of drug-likeness (QED) is 0.850. The Hall–Kier alpha value is -2.88. The highest BCUT2D eigenvalue weighted by Crippen LogP contribution is 2.44. The summed E-state index contributed by atoms with van der Waals surface area (Å²) in [6.07, 6.45) is 0. The summed E-state index contributed by atoms with van der Waals surface area (Å²) in [5.41, 5.74) is 2.93. The maximum absolute atomic E-state index is 12.8. The smallest absolute Gasteiger partial charge is 0.235 e. The molecule has 1 N–H and O–H groups in total. The van der Waals surface area contributed by atoms with E-state index in [4.69, 9.17) is 4.74 Å². The van der Waals surface area contributed by atoms with E-state index in [1.54, 1.807) is 12.1 Å². The van der Waals surface area contributed by atoms with E-state index in [0.717, 1.165) is 11.3 Å². The van der Waals surface area contributed by atoms with Gasteiger partial charge in [-0.1, -0.05) is 42.0 Å². The number of carbonyl (C=O) groups is 2. The van der Waals surface area contributed by atoms with Crippen LogP contribution in [0, 0.1) is 6.92 Å². The Morgan fingerprint density at radius 2 is 1.56 bits per heavy atom. The van der Waals surface area contributed by atoms with Crippen LogP contribution in [0.2, 0.25) is 0 Å². The minimum atomic E-state index is -0.650. The van der Waals surface area contributed by atoms with E-state index in [1.165, 1.54) is 0 Å². The fourth-order valence-electron chi connectivity index (χ4n) is 3.48. The zero-order chi connectivity index (χ0) is 17.8. The van der Waals surface area contributed by atoms with Gasteiger partial charge in [0.1, 0.15) is 11.4 Å². The first-order valence-electron chi connectivity index (χ1n) is 8.33. The molecule has 4 heteroatoms. The van der Waals surface area contributed by atoms with Crippen LogP contribution in [0.15, 0.2) is 54.1 Å². The molecule has 25 heavy (non-hydrogen) atoms. The normalized spacial score (nSPS) is 20.8. The van der Waals surface area contributed by atoms with Crippen molar-refractivity contribution in [3.8, 4) is 0 Å². The van der Waals surface area contributed by atoms with Crippen LogP contribution in [0.25, 0.3) is 5.76 Å². The van der Waals surface area contributed by atoms with Crippen LogP contribution in [0.4, 0.5) is 5.69 Å². The predicted octanol–water partition coefficient (Wildman–Crippen LogP) is 3.76. The summed E-state index contributed by atoms with van der Waals surface area (Å²) in [7, 11) is 0. The number of benzene rings is 2. The number of hydrogen-bond acceptors (Lipinski definition) is 4. The van der Waals surface area contributed by atoms with Gasteiger partial charge in [-0.25, -0.2) is 0 Å². The highest BCUT2D eigenvalue weighted by Gasteiger charge is 2.50. The number of ether oxygens (including phenoxy) is 1. The molecule has 2 aromatic rings. The van der Waals surface area contributed by atoms with Gasteiger partial charge in [-0.3, -0.25) is 9.59 Å². The van der Waals surface area contributed by atoms with Crippen molar-refractivity contribution in [1.29, 1.82) is 0 Å². The lowest BCUT2D eigenvalue weighted by atomic mass is 9.83. The van der Waals surface area contributed by atoms with Gasteiger partial charge >= 0.3 is 0 Å². The Bertz CT molecular complexity index is 922. The molecule has 0 amide bonds. The number of hydrogen-bond donors (Lipinski definition) is 1. The Morgan fingerprint density at radius 3 is 2.24 bits per heavy atom. The molecule has 1 aliphatic heterocycles. The van der Waals surface area contributed by atoms with E-state index in [-0.39, 0.29) is 0 Å². The SMILES string of the molecule is Cc1ccc(NC2C3=C(OC2(C)C)c2ccccc2C(=O)C3=O)cc1. The summed E-state index contributed by atoms with van der Waals surface area (Å²) < 4.78 is 6.15. The second kappa shape index (κ2) is 5.31. The van der Waals surface area contributed by atoms with Gasteiger partial charge in [0, 0.05) is 16.8 Å². The zero-order valence-corrected chi connectivity index (χ0v) is 14.4. The van der Waals surface area contributed by atoms with Crippen LogP contribution in [0.3, 0.4) is 0 Å². The number of aryl methyl sites for hydroxylation is 1. The second-order valence-corrected chi connectivity index (χ2v) is 7.10. The molecular weight excluding hydrogens is 314 g/mol. The molecule has 126 valence electrons. The molecule has 4 rings (SSSR count). The van der Waals surface area contributed by atoms with Gasteiger partial charge in [-0.05, 0) is 32.9 Å². The van der Waals surface area contributed by atoms with Crippen molar-refractivity contribution in [2.75, 3.05) is 5.32 Å². The lowest BCUT2D eigenvalue weighted by Crippen LogP contribution is -2.43. The van der Waals surface area contributed by atoms with Crippen LogP contribution < -0.4 is 5.32 Å². The molecular formula is C21H19NO3. The van der Waals surface area contributed by atoms with Gasteiger partial charge in [0.15, 0.2) is 0 Å². The average Bonchev–Trinajstić information content (AvgIpc) is 2.86. The Balaban J connectivity index is 1.82. The predicted molar refractivity (Wildman–Crippen MR) is 96.5 cm³/mol. The van der Waals surface area contributed by atoms with Gasteiger partial charge < -0.3 is 10.1 Å². The highest BCUT2D eigenvalue weighted by atomic mass is 16.5.